The number of imide groups is 1. The number of rotatable bonds is 7. The zero-order valence-electron chi connectivity index (χ0n) is 26.0. The number of anilines is 2. The SMILES string of the molecule is Cc1c(N[C@@H]2C[C@H](c3ccc(CN4CCN(c5cccc(C6CCC(=O)NC6=O)c5)CC4)cc3)CN(C)C2)cnn(C)c1=O. The van der Waals surface area contributed by atoms with E-state index in [0.29, 0.717) is 24.3 Å². The summed E-state index contributed by atoms with van der Waals surface area (Å²) >= 11 is 0. The molecule has 10 nitrogen and oxygen atoms in total. The van der Waals surface area contributed by atoms with E-state index in [0.717, 1.165) is 69.2 Å². The summed E-state index contributed by atoms with van der Waals surface area (Å²) in [5.74, 6) is -0.203. The van der Waals surface area contributed by atoms with Crippen molar-refractivity contribution >= 4 is 23.2 Å². The van der Waals surface area contributed by atoms with Crippen LogP contribution in [0.15, 0.2) is 59.5 Å². The standard InChI is InChI=1S/C34H43N7O3/c1-23-31(19-35-39(3)34(23)44)36-28-17-27(21-38(2)22-28)25-9-7-24(8-10-25)20-40-13-15-41(16-14-40)29-6-4-5-26(18-29)30-11-12-32(42)37-33(30)43/h4-10,18-19,27-28,30,36H,11-17,20-22H2,1-3H3,(H,37,42,43)/t27-,28+,30?/m0/s1. The Labute approximate surface area is 259 Å². The topological polar surface area (TPSA) is 103 Å². The molecule has 0 bridgehead atoms. The van der Waals surface area contributed by atoms with Crippen molar-refractivity contribution in [1.82, 2.24) is 24.9 Å². The quantitative estimate of drug-likeness (QED) is 0.401. The number of aryl methyl sites for hydroxylation is 1. The highest BCUT2D eigenvalue weighted by molar-refractivity contribution is 6.01. The molecule has 0 radical (unpaired) electrons. The molecule has 3 aromatic rings. The number of nitrogens with one attached hydrogen (secondary N) is 2. The van der Waals surface area contributed by atoms with E-state index in [-0.39, 0.29) is 29.3 Å². The summed E-state index contributed by atoms with van der Waals surface area (Å²) in [5.41, 5.74) is 6.27. The Hall–Kier alpha value is -4.02. The van der Waals surface area contributed by atoms with Gasteiger partial charge in [0.25, 0.3) is 5.56 Å². The van der Waals surface area contributed by atoms with E-state index in [4.69, 9.17) is 0 Å². The van der Waals surface area contributed by atoms with Gasteiger partial charge < -0.3 is 15.1 Å². The maximum Gasteiger partial charge on any atom is 0.271 e. The highest BCUT2D eigenvalue weighted by Crippen LogP contribution is 2.30. The van der Waals surface area contributed by atoms with Crippen LogP contribution in [0.3, 0.4) is 0 Å². The van der Waals surface area contributed by atoms with Gasteiger partial charge in [0.1, 0.15) is 0 Å². The number of piperazine rings is 1. The van der Waals surface area contributed by atoms with Gasteiger partial charge in [-0.3, -0.25) is 24.6 Å². The Bertz CT molecular complexity index is 1560. The molecule has 1 aromatic heterocycles. The van der Waals surface area contributed by atoms with E-state index in [1.54, 1.807) is 13.2 Å². The molecule has 2 amide bonds. The number of hydrogen-bond donors (Lipinski definition) is 2. The Balaban J connectivity index is 1.02. The third kappa shape index (κ3) is 6.71. The van der Waals surface area contributed by atoms with Crippen LogP contribution in [0.2, 0.25) is 0 Å². The monoisotopic (exact) mass is 597 g/mol. The van der Waals surface area contributed by atoms with Crippen LogP contribution in [-0.4, -0.2) is 83.8 Å². The number of carbonyl (C=O) groups excluding carboxylic acids is 2. The van der Waals surface area contributed by atoms with Crippen molar-refractivity contribution in [2.24, 2.45) is 7.05 Å². The summed E-state index contributed by atoms with van der Waals surface area (Å²) in [4.78, 5) is 43.5. The number of aromatic nitrogens is 2. The Morgan fingerprint density at radius 1 is 0.955 bits per heavy atom. The number of amides is 2. The van der Waals surface area contributed by atoms with Crippen LogP contribution in [0.5, 0.6) is 0 Å². The van der Waals surface area contributed by atoms with Gasteiger partial charge in [-0.1, -0.05) is 36.4 Å². The highest BCUT2D eigenvalue weighted by atomic mass is 16.2. The van der Waals surface area contributed by atoms with E-state index in [2.05, 4.69) is 73.9 Å². The summed E-state index contributed by atoms with van der Waals surface area (Å²) in [7, 11) is 3.84. The lowest BCUT2D eigenvalue weighted by molar-refractivity contribution is -0.134. The summed E-state index contributed by atoms with van der Waals surface area (Å²) in [6, 6.07) is 17.6. The molecular formula is C34H43N7O3. The Kier molecular flexibility index (Phi) is 8.81. The maximum absolute atomic E-state index is 12.4. The van der Waals surface area contributed by atoms with E-state index in [1.807, 2.05) is 19.1 Å². The van der Waals surface area contributed by atoms with Gasteiger partial charge in [-0.2, -0.15) is 5.10 Å². The Morgan fingerprint density at radius 3 is 2.48 bits per heavy atom. The van der Waals surface area contributed by atoms with Crippen molar-refractivity contribution in [2.45, 2.75) is 50.6 Å². The van der Waals surface area contributed by atoms with Gasteiger partial charge >= 0.3 is 0 Å². The summed E-state index contributed by atoms with van der Waals surface area (Å²) in [6.45, 7) is 8.54. The lowest BCUT2D eigenvalue weighted by Crippen LogP contribution is -2.46. The van der Waals surface area contributed by atoms with Crippen LogP contribution in [0.4, 0.5) is 11.4 Å². The molecule has 0 aliphatic carbocycles. The third-order valence-corrected chi connectivity index (χ3v) is 9.48. The fraction of sp³-hybridized carbons (Fsp3) is 0.471. The van der Waals surface area contributed by atoms with Crippen LogP contribution in [0, 0.1) is 6.92 Å². The van der Waals surface area contributed by atoms with Crippen molar-refractivity contribution in [1.29, 1.82) is 0 Å². The normalized spacial score (nSPS) is 23.4. The zero-order valence-corrected chi connectivity index (χ0v) is 26.0. The van der Waals surface area contributed by atoms with Gasteiger partial charge in [-0.25, -0.2) is 4.68 Å². The predicted molar refractivity (Wildman–Crippen MR) is 172 cm³/mol. The molecule has 0 saturated carbocycles. The molecule has 10 heteroatoms. The molecular weight excluding hydrogens is 554 g/mol. The minimum absolute atomic E-state index is 0.0632. The summed E-state index contributed by atoms with van der Waals surface area (Å²) < 4.78 is 1.38. The molecule has 3 aliphatic rings. The van der Waals surface area contributed by atoms with Crippen molar-refractivity contribution < 1.29 is 9.59 Å². The number of benzene rings is 2. The smallest absolute Gasteiger partial charge is 0.271 e. The Morgan fingerprint density at radius 2 is 1.73 bits per heavy atom. The van der Waals surface area contributed by atoms with Crippen LogP contribution < -0.4 is 21.1 Å². The largest absolute Gasteiger partial charge is 0.379 e. The molecule has 3 atom stereocenters. The average Bonchev–Trinajstić information content (AvgIpc) is 3.02. The van der Waals surface area contributed by atoms with Crippen molar-refractivity contribution in [3.8, 4) is 0 Å². The fourth-order valence-electron chi connectivity index (χ4n) is 6.95. The summed E-state index contributed by atoms with van der Waals surface area (Å²) in [6.07, 6.45) is 3.73. The zero-order chi connectivity index (χ0) is 30.8. The highest BCUT2D eigenvalue weighted by Gasteiger charge is 2.29. The third-order valence-electron chi connectivity index (χ3n) is 9.48. The van der Waals surface area contributed by atoms with E-state index < -0.39 is 0 Å². The van der Waals surface area contributed by atoms with Crippen molar-refractivity contribution in [2.75, 3.05) is 56.5 Å². The molecule has 3 aliphatic heterocycles. The lowest BCUT2D eigenvalue weighted by atomic mass is 9.87. The van der Waals surface area contributed by atoms with Crippen LogP contribution in [0.1, 0.15) is 53.4 Å². The maximum atomic E-state index is 12.4. The number of nitrogens with zero attached hydrogens (tertiary/aromatic N) is 5. The van der Waals surface area contributed by atoms with Gasteiger partial charge in [0.05, 0.1) is 17.8 Å². The van der Waals surface area contributed by atoms with Gasteiger partial charge in [-0.15, -0.1) is 0 Å². The number of carbonyl (C=O) groups is 2. The van der Waals surface area contributed by atoms with Crippen LogP contribution in [-0.2, 0) is 23.2 Å². The van der Waals surface area contributed by atoms with E-state index in [9.17, 15) is 14.4 Å². The molecule has 2 N–H and O–H groups in total. The second kappa shape index (κ2) is 12.9. The minimum atomic E-state index is -0.256. The lowest BCUT2D eigenvalue weighted by Gasteiger charge is -2.37. The molecule has 2 aromatic carbocycles. The second-order valence-electron chi connectivity index (χ2n) is 12.7. The first kappa shape index (κ1) is 30.0. The second-order valence-corrected chi connectivity index (χ2v) is 12.7. The van der Waals surface area contributed by atoms with Gasteiger partial charge in [0, 0.05) is 76.6 Å². The van der Waals surface area contributed by atoms with E-state index >= 15 is 0 Å². The first-order valence-electron chi connectivity index (χ1n) is 15.7. The van der Waals surface area contributed by atoms with Crippen LogP contribution in [0.25, 0.3) is 0 Å². The number of piperidine rings is 2. The first-order valence-corrected chi connectivity index (χ1v) is 15.7. The molecule has 0 spiro atoms. The van der Waals surface area contributed by atoms with Crippen LogP contribution >= 0.6 is 0 Å². The fourth-order valence-corrected chi connectivity index (χ4v) is 6.95. The molecule has 3 saturated heterocycles. The van der Waals surface area contributed by atoms with E-state index in [1.165, 1.54) is 15.8 Å². The minimum Gasteiger partial charge on any atom is -0.379 e. The number of hydrogen-bond acceptors (Lipinski definition) is 8. The van der Waals surface area contributed by atoms with Gasteiger partial charge in [0.2, 0.25) is 11.8 Å². The van der Waals surface area contributed by atoms with Gasteiger partial charge in [-0.05, 0) is 61.6 Å². The summed E-state index contributed by atoms with van der Waals surface area (Å²) in [5, 5.41) is 10.3. The predicted octanol–water partition coefficient (Wildman–Crippen LogP) is 2.83. The van der Waals surface area contributed by atoms with Crippen molar-refractivity contribution in [3.05, 3.63) is 87.3 Å². The molecule has 44 heavy (non-hydrogen) atoms. The molecule has 6 rings (SSSR count). The molecule has 1 unspecified atom stereocenters. The van der Waals surface area contributed by atoms with Crippen molar-refractivity contribution in [3.63, 3.8) is 0 Å². The molecule has 232 valence electrons. The van der Waals surface area contributed by atoms with Gasteiger partial charge in [0.15, 0.2) is 0 Å². The molecule has 4 heterocycles. The molecule has 3 fully saturated rings. The number of likely N-dealkylation sites (tertiary alicyclic amines) is 1. The number of likely N-dealkylation sites (N-methyl/N-ethyl adjacent to an activating group) is 1. The first-order chi connectivity index (χ1) is 21.2. The average molecular weight is 598 g/mol.